The minimum atomic E-state index is 0.293. The van der Waals surface area contributed by atoms with Gasteiger partial charge in [-0.05, 0) is 59.9 Å². The number of ether oxygens (including phenoxy) is 1. The molecule has 154 valence electrons. The summed E-state index contributed by atoms with van der Waals surface area (Å²) in [6, 6.07) is 24.7. The van der Waals surface area contributed by atoms with Crippen molar-refractivity contribution in [3.63, 3.8) is 0 Å². The van der Waals surface area contributed by atoms with E-state index in [-0.39, 0.29) is 0 Å². The van der Waals surface area contributed by atoms with Gasteiger partial charge in [0.25, 0.3) is 0 Å². The van der Waals surface area contributed by atoms with Crippen LogP contribution in [0.4, 0.5) is 5.69 Å². The number of methoxy groups -OCH3 is 1. The Morgan fingerprint density at radius 3 is 2.43 bits per heavy atom. The number of aryl methyl sites for hydroxylation is 2. The van der Waals surface area contributed by atoms with E-state index < -0.39 is 0 Å². The van der Waals surface area contributed by atoms with Crippen molar-refractivity contribution < 1.29 is 4.74 Å². The van der Waals surface area contributed by atoms with Crippen molar-refractivity contribution in [3.05, 3.63) is 94.5 Å². The van der Waals surface area contributed by atoms with Crippen LogP contribution in [0.15, 0.2) is 66.7 Å². The van der Waals surface area contributed by atoms with Crippen LogP contribution in [0.5, 0.6) is 5.75 Å². The lowest BCUT2D eigenvalue weighted by Gasteiger charge is -2.39. The molecule has 2 heterocycles. The van der Waals surface area contributed by atoms with Gasteiger partial charge >= 0.3 is 0 Å². The highest BCUT2D eigenvalue weighted by Gasteiger charge is 2.43. The topological polar surface area (TPSA) is 36.5 Å². The van der Waals surface area contributed by atoms with Crippen LogP contribution < -0.4 is 20.5 Å². The fraction of sp³-hybridized carbons (Fsp3) is 0.308. The average molecular weight is 400 g/mol. The number of hydrazine groups is 1. The van der Waals surface area contributed by atoms with Crippen LogP contribution in [-0.4, -0.2) is 13.7 Å². The van der Waals surface area contributed by atoms with E-state index in [1.165, 1.54) is 33.5 Å². The van der Waals surface area contributed by atoms with Gasteiger partial charge in [-0.3, -0.25) is 0 Å². The molecule has 3 aromatic rings. The molecule has 0 spiro atoms. The van der Waals surface area contributed by atoms with Crippen molar-refractivity contribution in [2.75, 3.05) is 18.6 Å². The van der Waals surface area contributed by atoms with Crippen molar-refractivity contribution in [3.8, 4) is 5.75 Å². The summed E-state index contributed by atoms with van der Waals surface area (Å²) in [6.07, 6.45) is 0. The second kappa shape index (κ2) is 7.78. The molecule has 2 aliphatic rings. The summed E-state index contributed by atoms with van der Waals surface area (Å²) in [5.41, 5.74) is 15.3. The maximum atomic E-state index is 5.32. The van der Waals surface area contributed by atoms with Crippen molar-refractivity contribution in [1.82, 2.24) is 10.9 Å². The molecule has 0 aliphatic carbocycles. The zero-order valence-corrected chi connectivity index (χ0v) is 17.9. The van der Waals surface area contributed by atoms with Gasteiger partial charge in [0.05, 0.1) is 19.2 Å². The molecule has 0 radical (unpaired) electrons. The lowest BCUT2D eigenvalue weighted by molar-refractivity contribution is 0.401. The zero-order chi connectivity index (χ0) is 20.7. The van der Waals surface area contributed by atoms with Crippen LogP contribution in [0.25, 0.3) is 0 Å². The Hall–Kier alpha value is -2.82. The Labute approximate surface area is 178 Å². The number of fused-ring (bicyclic) bond motifs is 3. The number of rotatable bonds is 4. The third kappa shape index (κ3) is 3.36. The highest BCUT2D eigenvalue weighted by Crippen LogP contribution is 2.45. The smallest absolute Gasteiger partial charge is 0.118 e. The highest BCUT2D eigenvalue weighted by molar-refractivity contribution is 5.58. The summed E-state index contributed by atoms with van der Waals surface area (Å²) < 4.78 is 5.32. The number of nitrogens with one attached hydrogen (secondary N) is 2. The standard InChI is InChI=1S/C26H29N3O/c1-17-8-11-20(14-18(17)2)25-23-16-29(15-19-9-12-21(30-3)13-10-19)24-7-5-4-6-22(24)26(23)28-27-25/h4-14,23,25-28H,15-16H2,1-3H3. The van der Waals surface area contributed by atoms with Gasteiger partial charge in [0.1, 0.15) is 5.75 Å². The van der Waals surface area contributed by atoms with Crippen LogP contribution in [0, 0.1) is 19.8 Å². The molecular weight excluding hydrogens is 370 g/mol. The van der Waals surface area contributed by atoms with E-state index in [1.807, 2.05) is 12.1 Å². The summed E-state index contributed by atoms with van der Waals surface area (Å²) in [4.78, 5) is 2.53. The molecule has 2 aliphatic heterocycles. The number of hydrogen-bond acceptors (Lipinski definition) is 4. The molecule has 5 rings (SSSR count). The molecule has 3 aromatic carbocycles. The summed E-state index contributed by atoms with van der Waals surface area (Å²) in [6.45, 7) is 6.27. The van der Waals surface area contributed by atoms with Gasteiger partial charge in [-0.1, -0.05) is 48.5 Å². The Balaban J connectivity index is 1.47. The molecule has 1 fully saturated rings. The maximum absolute atomic E-state index is 5.32. The van der Waals surface area contributed by atoms with E-state index in [0.717, 1.165) is 18.8 Å². The Morgan fingerprint density at radius 1 is 0.900 bits per heavy atom. The van der Waals surface area contributed by atoms with E-state index in [2.05, 4.69) is 84.2 Å². The first-order chi connectivity index (χ1) is 14.6. The molecule has 0 aromatic heterocycles. The number of para-hydroxylation sites is 1. The van der Waals surface area contributed by atoms with Gasteiger partial charge in [0.15, 0.2) is 0 Å². The first-order valence-corrected chi connectivity index (χ1v) is 10.7. The average Bonchev–Trinajstić information content (AvgIpc) is 3.20. The number of anilines is 1. The second-order valence-corrected chi connectivity index (χ2v) is 8.54. The monoisotopic (exact) mass is 399 g/mol. The minimum Gasteiger partial charge on any atom is -0.497 e. The van der Waals surface area contributed by atoms with Crippen LogP contribution in [-0.2, 0) is 6.54 Å². The lowest BCUT2D eigenvalue weighted by atomic mass is 9.81. The fourth-order valence-electron chi connectivity index (χ4n) is 4.89. The summed E-state index contributed by atoms with van der Waals surface area (Å²) >= 11 is 0. The van der Waals surface area contributed by atoms with Gasteiger partial charge in [0, 0.05) is 24.7 Å². The molecule has 4 nitrogen and oxygen atoms in total. The normalized spacial score (nSPS) is 22.5. The summed E-state index contributed by atoms with van der Waals surface area (Å²) in [5, 5.41) is 0. The van der Waals surface area contributed by atoms with Crippen molar-refractivity contribution in [2.45, 2.75) is 32.5 Å². The molecule has 3 unspecified atom stereocenters. The second-order valence-electron chi connectivity index (χ2n) is 8.54. The van der Waals surface area contributed by atoms with Gasteiger partial charge in [-0.2, -0.15) is 0 Å². The summed E-state index contributed by atoms with van der Waals surface area (Å²) in [7, 11) is 1.71. The van der Waals surface area contributed by atoms with E-state index in [1.54, 1.807) is 7.11 Å². The van der Waals surface area contributed by atoms with Crippen molar-refractivity contribution >= 4 is 5.69 Å². The first kappa shape index (κ1) is 19.2. The van der Waals surface area contributed by atoms with Crippen LogP contribution >= 0.6 is 0 Å². The lowest BCUT2D eigenvalue weighted by Crippen LogP contribution is -2.39. The van der Waals surface area contributed by atoms with E-state index >= 15 is 0 Å². The van der Waals surface area contributed by atoms with Gasteiger partial charge in [-0.15, -0.1) is 0 Å². The van der Waals surface area contributed by atoms with E-state index in [0.29, 0.717) is 18.0 Å². The fourth-order valence-corrected chi connectivity index (χ4v) is 4.89. The molecule has 1 saturated heterocycles. The minimum absolute atomic E-state index is 0.293. The van der Waals surface area contributed by atoms with Crippen molar-refractivity contribution in [1.29, 1.82) is 0 Å². The SMILES string of the molecule is COc1ccc(CN2CC3C(c4ccc(C)c(C)c4)NNC3c3ccccc32)cc1. The van der Waals surface area contributed by atoms with Gasteiger partial charge in [0.2, 0.25) is 0 Å². The van der Waals surface area contributed by atoms with Crippen LogP contribution in [0.2, 0.25) is 0 Å². The number of nitrogens with zero attached hydrogens (tertiary/aromatic N) is 1. The molecule has 2 N–H and O–H groups in total. The van der Waals surface area contributed by atoms with Gasteiger partial charge < -0.3 is 9.64 Å². The Bertz CT molecular complexity index is 1050. The quantitative estimate of drug-likeness (QED) is 0.658. The maximum Gasteiger partial charge on any atom is 0.118 e. The molecule has 0 amide bonds. The predicted octanol–water partition coefficient (Wildman–Crippen LogP) is 4.84. The number of hydrogen-bond donors (Lipinski definition) is 2. The molecule has 30 heavy (non-hydrogen) atoms. The highest BCUT2D eigenvalue weighted by atomic mass is 16.5. The zero-order valence-electron chi connectivity index (χ0n) is 17.9. The third-order valence-corrected chi connectivity index (χ3v) is 6.72. The van der Waals surface area contributed by atoms with Crippen LogP contribution in [0.1, 0.15) is 39.9 Å². The molecule has 3 atom stereocenters. The van der Waals surface area contributed by atoms with Gasteiger partial charge in [-0.25, -0.2) is 10.9 Å². The Kier molecular flexibility index (Phi) is 4.97. The predicted molar refractivity (Wildman–Crippen MR) is 122 cm³/mol. The molecule has 0 saturated carbocycles. The van der Waals surface area contributed by atoms with E-state index in [9.17, 15) is 0 Å². The largest absolute Gasteiger partial charge is 0.497 e. The summed E-state index contributed by atoms with van der Waals surface area (Å²) in [5.74, 6) is 1.36. The first-order valence-electron chi connectivity index (χ1n) is 10.7. The van der Waals surface area contributed by atoms with E-state index in [4.69, 9.17) is 4.74 Å². The third-order valence-electron chi connectivity index (χ3n) is 6.72. The molecular formula is C26H29N3O. The number of benzene rings is 3. The molecule has 4 heteroatoms. The van der Waals surface area contributed by atoms with Crippen LogP contribution in [0.3, 0.4) is 0 Å². The molecule has 0 bridgehead atoms. The van der Waals surface area contributed by atoms with Crippen molar-refractivity contribution in [2.24, 2.45) is 5.92 Å². The Morgan fingerprint density at radius 2 is 1.67 bits per heavy atom.